The van der Waals surface area contributed by atoms with Crippen LogP contribution in [0.5, 0.6) is 17.2 Å². The summed E-state index contributed by atoms with van der Waals surface area (Å²) in [4.78, 5) is 11.0. The summed E-state index contributed by atoms with van der Waals surface area (Å²) in [7, 11) is -2.39. The van der Waals surface area contributed by atoms with Crippen LogP contribution in [0.2, 0.25) is 0 Å². The number of anilines is 2. The third kappa shape index (κ3) is 4.82. The molecule has 2 N–H and O–H groups in total. The minimum atomic E-state index is -3.88. The van der Waals surface area contributed by atoms with Gasteiger partial charge in [-0.15, -0.1) is 0 Å². The van der Waals surface area contributed by atoms with Crippen molar-refractivity contribution in [2.45, 2.75) is 24.9 Å². The monoisotopic (exact) mass is 548 g/mol. The highest BCUT2D eigenvalue weighted by Crippen LogP contribution is 2.42. The van der Waals surface area contributed by atoms with Gasteiger partial charge >= 0.3 is 5.69 Å². The molecule has 0 bridgehead atoms. The topological polar surface area (TPSA) is 123 Å². The standard InChI is InChI=1S/C28H28N4O6S/c1-4-31(5-2)39(35,36)20-13-15-24(23(17-20)32(33)34)38-25-14-12-19(16-26(25)37-3)28-29-21-10-6-8-18-9-7-11-22(30-28)27(18)21/h6-17,28-30H,4-5H2,1-3H3. The van der Waals surface area contributed by atoms with E-state index in [1.807, 2.05) is 30.3 Å². The van der Waals surface area contributed by atoms with Crippen molar-refractivity contribution >= 4 is 37.9 Å². The first-order valence-electron chi connectivity index (χ1n) is 12.5. The number of nitro benzene ring substituents is 1. The Kier molecular flexibility index (Phi) is 7.02. The van der Waals surface area contributed by atoms with E-state index in [-0.39, 0.29) is 35.6 Å². The molecule has 5 rings (SSSR count). The number of methoxy groups -OCH3 is 1. The largest absolute Gasteiger partial charge is 0.493 e. The molecule has 0 unspecified atom stereocenters. The summed E-state index contributed by atoms with van der Waals surface area (Å²) >= 11 is 0. The fraction of sp³-hybridized carbons (Fsp3) is 0.214. The molecule has 0 radical (unpaired) electrons. The molecule has 0 spiro atoms. The van der Waals surface area contributed by atoms with Crippen LogP contribution in [0.25, 0.3) is 10.8 Å². The lowest BCUT2D eigenvalue weighted by atomic mass is 10.0. The highest BCUT2D eigenvalue weighted by molar-refractivity contribution is 7.89. The van der Waals surface area contributed by atoms with E-state index in [1.54, 1.807) is 26.0 Å². The maximum atomic E-state index is 12.9. The Morgan fingerprint density at radius 2 is 1.54 bits per heavy atom. The molecule has 202 valence electrons. The maximum absolute atomic E-state index is 12.9. The van der Waals surface area contributed by atoms with Crippen LogP contribution in [0.15, 0.2) is 77.7 Å². The van der Waals surface area contributed by atoms with Gasteiger partial charge in [-0.2, -0.15) is 4.31 Å². The first-order valence-corrected chi connectivity index (χ1v) is 13.9. The molecule has 0 aliphatic carbocycles. The molecular weight excluding hydrogens is 520 g/mol. The van der Waals surface area contributed by atoms with Crippen LogP contribution in [-0.4, -0.2) is 37.8 Å². The van der Waals surface area contributed by atoms with E-state index in [0.29, 0.717) is 5.75 Å². The zero-order valence-electron chi connectivity index (χ0n) is 21.7. The van der Waals surface area contributed by atoms with Crippen LogP contribution in [-0.2, 0) is 10.0 Å². The van der Waals surface area contributed by atoms with Crippen LogP contribution in [0.1, 0.15) is 25.6 Å². The third-order valence-corrected chi connectivity index (χ3v) is 8.76. The summed E-state index contributed by atoms with van der Waals surface area (Å²) in [6.45, 7) is 3.92. The quantitative estimate of drug-likeness (QED) is 0.190. The number of ether oxygens (including phenoxy) is 2. The van der Waals surface area contributed by atoms with Crippen LogP contribution in [0.4, 0.5) is 17.1 Å². The highest BCUT2D eigenvalue weighted by Gasteiger charge is 2.27. The number of hydrogen-bond donors (Lipinski definition) is 2. The number of hydrogen-bond acceptors (Lipinski definition) is 8. The van der Waals surface area contributed by atoms with Crippen LogP contribution < -0.4 is 20.1 Å². The van der Waals surface area contributed by atoms with Gasteiger partial charge in [0.25, 0.3) is 0 Å². The van der Waals surface area contributed by atoms with Crippen molar-refractivity contribution in [1.82, 2.24) is 4.31 Å². The Labute approximate surface area is 226 Å². The highest BCUT2D eigenvalue weighted by atomic mass is 32.2. The van der Waals surface area contributed by atoms with E-state index in [2.05, 4.69) is 22.8 Å². The molecule has 4 aromatic rings. The average molecular weight is 549 g/mol. The predicted octanol–water partition coefficient (Wildman–Crippen LogP) is 6.12. The Hall–Kier alpha value is -4.35. The van der Waals surface area contributed by atoms with Crippen molar-refractivity contribution in [1.29, 1.82) is 0 Å². The second kappa shape index (κ2) is 10.4. The van der Waals surface area contributed by atoms with Gasteiger partial charge in [0.1, 0.15) is 6.17 Å². The zero-order valence-corrected chi connectivity index (χ0v) is 22.5. The fourth-order valence-electron chi connectivity index (χ4n) is 4.76. The second-order valence-corrected chi connectivity index (χ2v) is 10.9. The van der Waals surface area contributed by atoms with Gasteiger partial charge in [0, 0.05) is 35.9 Å². The summed E-state index contributed by atoms with van der Waals surface area (Å²) in [6.07, 6.45) is -0.257. The molecule has 1 heterocycles. The zero-order chi connectivity index (χ0) is 27.7. The number of nitrogens with one attached hydrogen (secondary N) is 2. The van der Waals surface area contributed by atoms with Gasteiger partial charge in [0.05, 0.1) is 16.9 Å². The van der Waals surface area contributed by atoms with Gasteiger partial charge in [0.2, 0.25) is 15.8 Å². The minimum Gasteiger partial charge on any atom is -0.493 e. The van der Waals surface area contributed by atoms with Gasteiger partial charge < -0.3 is 20.1 Å². The first-order chi connectivity index (χ1) is 18.8. The van der Waals surface area contributed by atoms with Gasteiger partial charge in [-0.05, 0) is 47.3 Å². The SMILES string of the molecule is CCN(CC)S(=O)(=O)c1ccc(Oc2ccc(C3Nc4cccc5cccc(c45)N3)cc2OC)c([N+](=O)[O-])c1. The van der Waals surface area contributed by atoms with Crippen LogP contribution >= 0.6 is 0 Å². The van der Waals surface area contributed by atoms with Crippen molar-refractivity contribution in [3.05, 3.63) is 88.5 Å². The molecule has 0 atom stereocenters. The Morgan fingerprint density at radius 3 is 2.13 bits per heavy atom. The fourth-order valence-corrected chi connectivity index (χ4v) is 6.24. The van der Waals surface area contributed by atoms with Crippen LogP contribution in [0.3, 0.4) is 0 Å². The van der Waals surface area contributed by atoms with Gasteiger partial charge in [-0.25, -0.2) is 8.42 Å². The number of sulfonamides is 1. The first kappa shape index (κ1) is 26.3. The molecule has 10 nitrogen and oxygen atoms in total. The number of nitrogens with zero attached hydrogens (tertiary/aromatic N) is 2. The lowest BCUT2D eigenvalue weighted by molar-refractivity contribution is -0.385. The summed E-state index contributed by atoms with van der Waals surface area (Å²) in [6, 6.07) is 21.1. The van der Waals surface area contributed by atoms with Crippen molar-refractivity contribution in [2.24, 2.45) is 0 Å². The van der Waals surface area contributed by atoms with Crippen LogP contribution in [0, 0.1) is 10.1 Å². The minimum absolute atomic E-state index is 0.0981. The van der Waals surface area contributed by atoms with E-state index < -0.39 is 20.6 Å². The normalized spacial score (nSPS) is 13.1. The van der Waals surface area contributed by atoms with E-state index >= 15 is 0 Å². The van der Waals surface area contributed by atoms with E-state index in [4.69, 9.17) is 9.47 Å². The molecule has 39 heavy (non-hydrogen) atoms. The molecule has 0 amide bonds. The smallest absolute Gasteiger partial charge is 0.312 e. The van der Waals surface area contributed by atoms with E-state index in [9.17, 15) is 18.5 Å². The predicted molar refractivity (Wildman–Crippen MR) is 150 cm³/mol. The van der Waals surface area contributed by atoms with E-state index in [0.717, 1.165) is 33.8 Å². The number of benzene rings is 4. The molecule has 0 fully saturated rings. The molecule has 4 aromatic carbocycles. The third-order valence-electron chi connectivity index (χ3n) is 6.72. The number of nitro groups is 1. The van der Waals surface area contributed by atoms with Crippen molar-refractivity contribution < 1.29 is 22.8 Å². The number of rotatable bonds is 9. The van der Waals surface area contributed by atoms with Gasteiger partial charge in [0.15, 0.2) is 11.5 Å². The summed E-state index contributed by atoms with van der Waals surface area (Å²) < 4.78 is 38.5. The molecule has 0 saturated heterocycles. The van der Waals surface area contributed by atoms with Crippen molar-refractivity contribution in [3.8, 4) is 17.2 Å². The molecule has 11 heteroatoms. The van der Waals surface area contributed by atoms with E-state index in [1.165, 1.54) is 23.5 Å². The molecular formula is C28H28N4O6S. The molecule has 1 aliphatic rings. The van der Waals surface area contributed by atoms with Crippen molar-refractivity contribution in [3.63, 3.8) is 0 Å². The molecule has 0 saturated carbocycles. The summed E-state index contributed by atoms with van der Waals surface area (Å²) in [5.74, 6) is 0.517. The van der Waals surface area contributed by atoms with Crippen molar-refractivity contribution in [2.75, 3.05) is 30.8 Å². The molecule has 0 aromatic heterocycles. The Balaban J connectivity index is 1.45. The summed E-state index contributed by atoms with van der Waals surface area (Å²) in [5.41, 5.74) is 2.40. The lowest BCUT2D eigenvalue weighted by Gasteiger charge is -2.30. The summed E-state index contributed by atoms with van der Waals surface area (Å²) in [5, 5.41) is 21.1. The second-order valence-electron chi connectivity index (χ2n) is 8.92. The maximum Gasteiger partial charge on any atom is 0.312 e. The van der Waals surface area contributed by atoms with Gasteiger partial charge in [-0.1, -0.05) is 44.2 Å². The Bertz CT molecular complexity index is 1630. The lowest BCUT2D eigenvalue weighted by Crippen LogP contribution is -2.30. The Morgan fingerprint density at radius 1 is 0.897 bits per heavy atom. The molecule has 1 aliphatic heterocycles. The average Bonchev–Trinajstić information content (AvgIpc) is 2.94. The van der Waals surface area contributed by atoms with Gasteiger partial charge in [-0.3, -0.25) is 10.1 Å².